The Morgan fingerprint density at radius 3 is 2.23 bits per heavy atom. The number of hydrogen-bond acceptors (Lipinski definition) is 2. The predicted octanol–water partition coefficient (Wildman–Crippen LogP) is 1.45. The lowest BCUT2D eigenvalue weighted by Crippen LogP contribution is -2.36. The third-order valence-corrected chi connectivity index (χ3v) is 4.21. The van der Waals surface area contributed by atoms with Crippen LogP contribution in [0.1, 0.15) is 12.8 Å². The van der Waals surface area contributed by atoms with E-state index in [-0.39, 0.29) is 11.8 Å². The van der Waals surface area contributed by atoms with Crippen molar-refractivity contribution in [3.63, 3.8) is 0 Å². The lowest BCUT2D eigenvalue weighted by Gasteiger charge is -2.20. The van der Waals surface area contributed by atoms with Gasteiger partial charge in [-0.15, -0.1) is 0 Å². The molecule has 0 aromatic heterocycles. The largest absolute Gasteiger partial charge is 0.468 e. The number of esters is 1. The Morgan fingerprint density at radius 1 is 1.38 bits per heavy atom. The van der Waals surface area contributed by atoms with Crippen LogP contribution in [0.5, 0.6) is 0 Å². The first-order chi connectivity index (χ1) is 6.06. The first kappa shape index (κ1) is 7.71. The van der Waals surface area contributed by atoms with E-state index >= 15 is 0 Å². The molecule has 0 aromatic carbocycles. The summed E-state index contributed by atoms with van der Waals surface area (Å²) in [6.45, 7) is 0. The SMILES string of the molecule is COC(=O)C12C3CC(CC31)C2(F)F. The average Bonchev–Trinajstić information content (AvgIpc) is 2.44. The van der Waals surface area contributed by atoms with Crippen molar-refractivity contribution in [1.29, 1.82) is 0 Å². The highest BCUT2D eigenvalue weighted by atomic mass is 19.3. The van der Waals surface area contributed by atoms with E-state index in [2.05, 4.69) is 4.74 Å². The van der Waals surface area contributed by atoms with Gasteiger partial charge in [-0.25, -0.2) is 8.78 Å². The van der Waals surface area contributed by atoms with Crippen molar-refractivity contribution in [3.05, 3.63) is 0 Å². The molecule has 4 bridgehead atoms. The van der Waals surface area contributed by atoms with Gasteiger partial charge in [0, 0.05) is 5.92 Å². The Kier molecular flexibility index (Phi) is 1.03. The van der Waals surface area contributed by atoms with Crippen LogP contribution >= 0.6 is 0 Å². The standard InChI is InChI=1S/C9H10F2O2/c1-13-7(12)8-5-2-4(3-6(5)8)9(8,10)11/h4-6H,2-3H2,1H3. The summed E-state index contributed by atoms with van der Waals surface area (Å²) in [5.41, 5.74) is -1.40. The van der Waals surface area contributed by atoms with Gasteiger partial charge >= 0.3 is 5.97 Å². The molecule has 4 aliphatic rings. The van der Waals surface area contributed by atoms with Crippen molar-refractivity contribution in [2.45, 2.75) is 18.8 Å². The molecule has 0 N–H and O–H groups in total. The molecule has 72 valence electrons. The number of alkyl halides is 2. The van der Waals surface area contributed by atoms with Crippen LogP contribution in [-0.2, 0) is 9.53 Å². The minimum Gasteiger partial charge on any atom is -0.468 e. The van der Waals surface area contributed by atoms with Crippen LogP contribution in [0.15, 0.2) is 0 Å². The van der Waals surface area contributed by atoms with E-state index in [1.165, 1.54) is 7.11 Å². The van der Waals surface area contributed by atoms with Gasteiger partial charge in [-0.3, -0.25) is 4.79 Å². The van der Waals surface area contributed by atoms with Crippen LogP contribution in [0, 0.1) is 23.2 Å². The molecule has 0 spiro atoms. The van der Waals surface area contributed by atoms with E-state index in [1.54, 1.807) is 0 Å². The molecule has 13 heavy (non-hydrogen) atoms. The van der Waals surface area contributed by atoms with E-state index in [0.29, 0.717) is 12.8 Å². The minimum atomic E-state index is -2.80. The summed E-state index contributed by atoms with van der Waals surface area (Å²) in [6.07, 6.45) is 1.04. The summed E-state index contributed by atoms with van der Waals surface area (Å²) >= 11 is 0. The molecule has 4 saturated carbocycles. The van der Waals surface area contributed by atoms with Crippen LogP contribution in [0.4, 0.5) is 8.78 Å². The quantitative estimate of drug-likeness (QED) is 0.582. The molecule has 2 nitrogen and oxygen atoms in total. The molecular formula is C9H10F2O2. The smallest absolute Gasteiger partial charge is 0.318 e. The van der Waals surface area contributed by atoms with Crippen molar-refractivity contribution in [2.75, 3.05) is 7.11 Å². The van der Waals surface area contributed by atoms with Crippen LogP contribution in [-0.4, -0.2) is 19.0 Å². The van der Waals surface area contributed by atoms with Gasteiger partial charge in [0.15, 0.2) is 0 Å². The van der Waals surface area contributed by atoms with Crippen molar-refractivity contribution in [1.82, 2.24) is 0 Å². The summed E-state index contributed by atoms with van der Waals surface area (Å²) in [4.78, 5) is 11.3. The molecule has 2 unspecified atom stereocenters. The van der Waals surface area contributed by atoms with Gasteiger partial charge in [-0.1, -0.05) is 0 Å². The summed E-state index contributed by atoms with van der Waals surface area (Å²) in [5, 5.41) is 0. The van der Waals surface area contributed by atoms with Gasteiger partial charge in [0.05, 0.1) is 7.11 Å². The molecule has 0 amide bonds. The monoisotopic (exact) mass is 188 g/mol. The Morgan fingerprint density at radius 2 is 1.92 bits per heavy atom. The van der Waals surface area contributed by atoms with Crippen LogP contribution in [0.3, 0.4) is 0 Å². The predicted molar refractivity (Wildman–Crippen MR) is 39.1 cm³/mol. The second-order valence-corrected chi connectivity index (χ2v) is 4.36. The summed E-state index contributed by atoms with van der Waals surface area (Å²) in [6, 6.07) is 0. The van der Waals surface area contributed by atoms with Gasteiger partial charge in [0.25, 0.3) is 5.92 Å². The first-order valence-corrected chi connectivity index (χ1v) is 4.53. The van der Waals surface area contributed by atoms with E-state index in [9.17, 15) is 13.6 Å². The van der Waals surface area contributed by atoms with Gasteiger partial charge in [-0.05, 0) is 24.7 Å². The maximum Gasteiger partial charge on any atom is 0.318 e. The number of carbonyl (C=O) groups is 1. The molecule has 0 heterocycles. The van der Waals surface area contributed by atoms with Crippen molar-refractivity contribution in [3.8, 4) is 0 Å². The van der Waals surface area contributed by atoms with Crippen molar-refractivity contribution in [2.24, 2.45) is 23.2 Å². The molecule has 2 atom stereocenters. The molecule has 0 radical (unpaired) electrons. The molecule has 0 aromatic rings. The molecule has 0 saturated heterocycles. The second kappa shape index (κ2) is 1.74. The zero-order valence-corrected chi connectivity index (χ0v) is 7.22. The third kappa shape index (κ3) is 0.502. The van der Waals surface area contributed by atoms with Crippen LogP contribution in [0.2, 0.25) is 0 Å². The lowest BCUT2D eigenvalue weighted by molar-refractivity contribution is -0.164. The average molecular weight is 188 g/mol. The number of rotatable bonds is 1. The second-order valence-electron chi connectivity index (χ2n) is 4.36. The molecule has 4 aliphatic carbocycles. The lowest BCUT2D eigenvalue weighted by atomic mass is 9.99. The number of ether oxygens (including phenoxy) is 1. The maximum atomic E-state index is 13.6. The van der Waals surface area contributed by atoms with Crippen molar-refractivity contribution >= 4 is 5.97 Å². The number of hydrogen-bond donors (Lipinski definition) is 0. The first-order valence-electron chi connectivity index (χ1n) is 4.53. The fourth-order valence-electron chi connectivity index (χ4n) is 3.68. The number of carbonyl (C=O) groups excluding carboxylic acids is 1. The molecular weight excluding hydrogens is 178 g/mol. The Labute approximate surface area is 74.2 Å². The normalized spacial score (nSPS) is 53.6. The third-order valence-electron chi connectivity index (χ3n) is 4.21. The van der Waals surface area contributed by atoms with E-state index in [4.69, 9.17) is 0 Å². The van der Waals surface area contributed by atoms with Gasteiger partial charge in [-0.2, -0.15) is 0 Å². The zero-order valence-electron chi connectivity index (χ0n) is 7.22. The zero-order chi connectivity index (χ0) is 9.43. The Hall–Kier alpha value is -0.670. The Bertz CT molecular complexity index is 288. The highest BCUT2D eigenvalue weighted by molar-refractivity contribution is 5.85. The Balaban J connectivity index is 2.07. The number of methoxy groups -OCH3 is 1. The summed E-state index contributed by atoms with van der Waals surface area (Å²) in [5.74, 6) is -4.20. The van der Waals surface area contributed by atoms with E-state index < -0.39 is 23.2 Å². The van der Waals surface area contributed by atoms with Crippen molar-refractivity contribution < 1.29 is 18.3 Å². The highest BCUT2D eigenvalue weighted by Crippen LogP contribution is 2.84. The molecule has 4 heteroatoms. The summed E-state index contributed by atoms with van der Waals surface area (Å²) in [7, 11) is 1.19. The van der Waals surface area contributed by atoms with Gasteiger partial charge < -0.3 is 4.74 Å². The van der Waals surface area contributed by atoms with E-state index in [1.807, 2.05) is 0 Å². The van der Waals surface area contributed by atoms with E-state index in [0.717, 1.165) is 0 Å². The molecule has 4 fully saturated rings. The topological polar surface area (TPSA) is 26.3 Å². The fourth-order valence-corrected chi connectivity index (χ4v) is 3.68. The maximum absolute atomic E-state index is 13.6. The molecule has 4 rings (SSSR count). The van der Waals surface area contributed by atoms with Crippen LogP contribution in [0.25, 0.3) is 0 Å². The number of halogens is 2. The van der Waals surface area contributed by atoms with Gasteiger partial charge in [0.2, 0.25) is 0 Å². The summed E-state index contributed by atoms with van der Waals surface area (Å²) < 4.78 is 31.7. The molecule has 0 aliphatic heterocycles. The van der Waals surface area contributed by atoms with Crippen LogP contribution < -0.4 is 0 Å². The van der Waals surface area contributed by atoms with Gasteiger partial charge in [0.1, 0.15) is 5.41 Å². The fraction of sp³-hybridized carbons (Fsp3) is 0.889. The highest BCUT2D eigenvalue weighted by Gasteiger charge is 2.92. The minimum absolute atomic E-state index is 0.0834.